The molecule has 3 heteroatoms. The van der Waals surface area contributed by atoms with Crippen molar-refractivity contribution >= 4 is 10.8 Å². The Labute approximate surface area is 113 Å². The maximum Gasteiger partial charge on any atom is 0.159 e. The van der Waals surface area contributed by atoms with Gasteiger partial charge < -0.3 is 15.2 Å². The molecule has 0 spiro atoms. The SMILES string of the molecule is NC(Cc1cccc2ccccc12)CC1OCCO1. The fraction of sp³-hybridized carbons (Fsp3) is 0.375. The Morgan fingerprint density at radius 3 is 2.63 bits per heavy atom. The highest BCUT2D eigenvalue weighted by Crippen LogP contribution is 2.21. The Hall–Kier alpha value is -1.42. The van der Waals surface area contributed by atoms with Gasteiger partial charge in [0.25, 0.3) is 0 Å². The molecule has 19 heavy (non-hydrogen) atoms. The van der Waals surface area contributed by atoms with Gasteiger partial charge in [0.15, 0.2) is 6.29 Å². The smallest absolute Gasteiger partial charge is 0.159 e. The molecule has 1 atom stereocenters. The summed E-state index contributed by atoms with van der Waals surface area (Å²) < 4.78 is 10.9. The van der Waals surface area contributed by atoms with Gasteiger partial charge in [0, 0.05) is 12.5 Å². The molecule has 0 bridgehead atoms. The third-order valence-electron chi connectivity index (χ3n) is 3.55. The van der Waals surface area contributed by atoms with E-state index < -0.39 is 0 Å². The van der Waals surface area contributed by atoms with Crippen LogP contribution in [-0.4, -0.2) is 25.5 Å². The highest BCUT2D eigenvalue weighted by atomic mass is 16.7. The summed E-state index contributed by atoms with van der Waals surface area (Å²) in [5.74, 6) is 0. The Morgan fingerprint density at radius 2 is 1.79 bits per heavy atom. The summed E-state index contributed by atoms with van der Waals surface area (Å²) in [6.07, 6.45) is 1.48. The van der Waals surface area contributed by atoms with Gasteiger partial charge in [-0.2, -0.15) is 0 Å². The Kier molecular flexibility index (Phi) is 3.78. The lowest BCUT2D eigenvalue weighted by atomic mass is 9.98. The molecule has 1 aliphatic rings. The quantitative estimate of drug-likeness (QED) is 0.915. The van der Waals surface area contributed by atoms with Crippen molar-refractivity contribution in [3.05, 3.63) is 48.0 Å². The van der Waals surface area contributed by atoms with Crippen LogP contribution in [0.4, 0.5) is 0 Å². The molecule has 0 aromatic heterocycles. The molecule has 2 aromatic carbocycles. The van der Waals surface area contributed by atoms with Crippen LogP contribution in [0.3, 0.4) is 0 Å². The first kappa shape index (κ1) is 12.6. The Morgan fingerprint density at radius 1 is 1.05 bits per heavy atom. The van der Waals surface area contributed by atoms with Crippen molar-refractivity contribution in [2.75, 3.05) is 13.2 Å². The first-order valence-corrected chi connectivity index (χ1v) is 6.78. The molecule has 0 aliphatic carbocycles. The van der Waals surface area contributed by atoms with Crippen LogP contribution in [0.2, 0.25) is 0 Å². The molecule has 0 saturated carbocycles. The van der Waals surface area contributed by atoms with Crippen LogP contribution < -0.4 is 5.73 Å². The molecule has 3 rings (SSSR count). The summed E-state index contributed by atoms with van der Waals surface area (Å²) in [5.41, 5.74) is 7.51. The maximum absolute atomic E-state index is 6.22. The lowest BCUT2D eigenvalue weighted by Gasteiger charge is -2.16. The lowest BCUT2D eigenvalue weighted by molar-refractivity contribution is -0.0504. The van der Waals surface area contributed by atoms with Gasteiger partial charge >= 0.3 is 0 Å². The van der Waals surface area contributed by atoms with Crippen LogP contribution >= 0.6 is 0 Å². The molecular formula is C16H19NO2. The van der Waals surface area contributed by atoms with Crippen molar-refractivity contribution in [2.24, 2.45) is 5.73 Å². The fourth-order valence-electron chi connectivity index (χ4n) is 2.63. The number of rotatable bonds is 4. The molecule has 1 aliphatic heterocycles. The van der Waals surface area contributed by atoms with Gasteiger partial charge in [-0.15, -0.1) is 0 Å². The van der Waals surface area contributed by atoms with E-state index in [1.54, 1.807) is 0 Å². The zero-order chi connectivity index (χ0) is 13.1. The van der Waals surface area contributed by atoms with Crippen LogP contribution in [0.25, 0.3) is 10.8 Å². The van der Waals surface area contributed by atoms with E-state index in [4.69, 9.17) is 15.2 Å². The fourth-order valence-corrected chi connectivity index (χ4v) is 2.63. The van der Waals surface area contributed by atoms with Crippen LogP contribution in [-0.2, 0) is 15.9 Å². The van der Waals surface area contributed by atoms with Crippen molar-refractivity contribution in [2.45, 2.75) is 25.2 Å². The summed E-state index contributed by atoms with van der Waals surface area (Å²) in [6.45, 7) is 1.37. The van der Waals surface area contributed by atoms with E-state index in [9.17, 15) is 0 Å². The summed E-state index contributed by atoms with van der Waals surface area (Å²) in [7, 11) is 0. The number of benzene rings is 2. The zero-order valence-electron chi connectivity index (χ0n) is 10.9. The van der Waals surface area contributed by atoms with Gasteiger partial charge in [-0.1, -0.05) is 42.5 Å². The van der Waals surface area contributed by atoms with E-state index in [1.807, 2.05) is 0 Å². The standard InChI is InChI=1S/C16H19NO2/c17-14(11-16-18-8-9-19-16)10-13-6-3-5-12-4-1-2-7-15(12)13/h1-7,14,16H,8-11,17H2. The third kappa shape index (κ3) is 2.95. The maximum atomic E-state index is 6.22. The summed E-state index contributed by atoms with van der Waals surface area (Å²) in [4.78, 5) is 0. The molecule has 2 aromatic rings. The second-order valence-electron chi connectivity index (χ2n) is 5.01. The van der Waals surface area contributed by atoms with Crippen LogP contribution in [0.1, 0.15) is 12.0 Å². The van der Waals surface area contributed by atoms with Crippen molar-refractivity contribution in [1.29, 1.82) is 0 Å². The highest BCUT2D eigenvalue weighted by molar-refractivity contribution is 5.85. The predicted molar refractivity (Wildman–Crippen MR) is 75.9 cm³/mol. The minimum Gasteiger partial charge on any atom is -0.350 e. The van der Waals surface area contributed by atoms with Gasteiger partial charge in [0.05, 0.1) is 13.2 Å². The summed E-state index contributed by atoms with van der Waals surface area (Å²) in [5, 5.41) is 2.55. The third-order valence-corrected chi connectivity index (χ3v) is 3.55. The van der Waals surface area contributed by atoms with Gasteiger partial charge in [-0.25, -0.2) is 0 Å². The van der Waals surface area contributed by atoms with Crippen molar-refractivity contribution in [3.8, 4) is 0 Å². The monoisotopic (exact) mass is 257 g/mol. The predicted octanol–water partition coefficient (Wildman–Crippen LogP) is 2.47. The van der Waals surface area contributed by atoms with E-state index in [-0.39, 0.29) is 12.3 Å². The largest absolute Gasteiger partial charge is 0.350 e. The topological polar surface area (TPSA) is 44.5 Å². The first-order chi connectivity index (χ1) is 9.33. The average molecular weight is 257 g/mol. The van der Waals surface area contributed by atoms with Gasteiger partial charge in [0.1, 0.15) is 0 Å². The molecule has 3 nitrogen and oxygen atoms in total. The van der Waals surface area contributed by atoms with Crippen molar-refractivity contribution < 1.29 is 9.47 Å². The van der Waals surface area contributed by atoms with Crippen LogP contribution in [0.5, 0.6) is 0 Å². The normalized spacial score (nSPS) is 17.9. The first-order valence-electron chi connectivity index (χ1n) is 6.78. The van der Waals surface area contributed by atoms with Crippen molar-refractivity contribution in [1.82, 2.24) is 0 Å². The summed E-state index contributed by atoms with van der Waals surface area (Å²) >= 11 is 0. The molecule has 1 unspecified atom stereocenters. The molecule has 1 saturated heterocycles. The molecule has 0 amide bonds. The second-order valence-corrected chi connectivity index (χ2v) is 5.01. The number of fused-ring (bicyclic) bond motifs is 1. The Bertz CT molecular complexity index is 544. The second kappa shape index (κ2) is 5.70. The number of hydrogen-bond donors (Lipinski definition) is 1. The van der Waals surface area contributed by atoms with Gasteiger partial charge in [-0.3, -0.25) is 0 Å². The van der Waals surface area contributed by atoms with E-state index in [2.05, 4.69) is 42.5 Å². The van der Waals surface area contributed by atoms with E-state index in [0.29, 0.717) is 13.2 Å². The van der Waals surface area contributed by atoms with Crippen molar-refractivity contribution in [3.63, 3.8) is 0 Å². The minimum absolute atomic E-state index is 0.0638. The molecule has 0 radical (unpaired) electrons. The molecule has 100 valence electrons. The zero-order valence-corrected chi connectivity index (χ0v) is 10.9. The summed E-state index contributed by atoms with van der Waals surface area (Å²) in [6, 6.07) is 14.9. The van der Waals surface area contributed by atoms with E-state index >= 15 is 0 Å². The molecule has 2 N–H and O–H groups in total. The highest BCUT2D eigenvalue weighted by Gasteiger charge is 2.19. The molecular weight excluding hydrogens is 238 g/mol. The Balaban J connectivity index is 1.73. The van der Waals surface area contributed by atoms with Crippen LogP contribution in [0, 0.1) is 0 Å². The minimum atomic E-state index is -0.120. The van der Waals surface area contributed by atoms with Gasteiger partial charge in [0.2, 0.25) is 0 Å². The number of ether oxygens (including phenoxy) is 2. The number of nitrogens with two attached hydrogens (primary N) is 1. The van der Waals surface area contributed by atoms with Crippen LogP contribution in [0.15, 0.2) is 42.5 Å². The molecule has 1 heterocycles. The van der Waals surface area contributed by atoms with E-state index in [1.165, 1.54) is 16.3 Å². The van der Waals surface area contributed by atoms with E-state index in [0.717, 1.165) is 12.8 Å². The molecule has 1 fully saturated rings. The average Bonchev–Trinajstić information content (AvgIpc) is 2.92. The van der Waals surface area contributed by atoms with Gasteiger partial charge in [-0.05, 0) is 22.8 Å². The lowest BCUT2D eigenvalue weighted by Crippen LogP contribution is -2.28. The number of hydrogen-bond acceptors (Lipinski definition) is 3.